The number of aromatic nitrogens is 3. The molecular formula is C25H27N7O. The average Bonchev–Trinajstić information content (AvgIpc) is 2.85. The number of hydrogen-bond donors (Lipinski definition) is 0. The van der Waals surface area contributed by atoms with E-state index in [0.29, 0.717) is 29.0 Å². The maximum Gasteiger partial charge on any atom is 0.350 e. The first kappa shape index (κ1) is 22.4. The van der Waals surface area contributed by atoms with Crippen LogP contribution in [0.15, 0.2) is 41.2 Å². The van der Waals surface area contributed by atoms with Crippen molar-refractivity contribution >= 4 is 22.7 Å². The number of fused-ring (bicyclic) bond motifs is 1. The summed E-state index contributed by atoms with van der Waals surface area (Å²) in [6.45, 7) is 15.3. The number of anilines is 1. The molecule has 3 aromatic rings. The molecule has 0 aliphatic carbocycles. The minimum absolute atomic E-state index is 0.0924. The van der Waals surface area contributed by atoms with Gasteiger partial charge >= 0.3 is 5.69 Å². The predicted octanol–water partition coefficient (Wildman–Crippen LogP) is 3.80. The van der Waals surface area contributed by atoms with Gasteiger partial charge in [-0.1, -0.05) is 25.6 Å². The molecule has 3 atom stereocenters. The first-order valence-electron chi connectivity index (χ1n) is 11.2. The van der Waals surface area contributed by atoms with Crippen molar-refractivity contribution in [3.63, 3.8) is 0 Å². The van der Waals surface area contributed by atoms with Crippen LogP contribution < -0.4 is 10.6 Å². The highest BCUT2D eigenvalue weighted by Gasteiger charge is 2.36. The van der Waals surface area contributed by atoms with Gasteiger partial charge in [0.2, 0.25) is 5.52 Å². The second-order valence-corrected chi connectivity index (χ2v) is 8.60. The van der Waals surface area contributed by atoms with Gasteiger partial charge in [-0.25, -0.2) is 4.79 Å². The zero-order chi connectivity index (χ0) is 23.7. The molecule has 4 rings (SSSR count). The molecule has 1 fully saturated rings. The van der Waals surface area contributed by atoms with Gasteiger partial charge in [-0.3, -0.25) is 9.47 Å². The first-order valence-corrected chi connectivity index (χ1v) is 11.2. The average molecular weight is 442 g/mol. The standard InChI is InChI=1S/C25H27N7O/c1-6-20-15-31(16(2)14-32(20)17(3)19-9-7-18(13-26)8-10-19)24-23-21(30(5)25(33)29-24)11-12-22(27-4)28-23/h7-12,16-17,20H,6,14-15H2,1-3,5H3/t16-,17?,20+/m0/s1. The molecule has 0 N–H and O–H groups in total. The van der Waals surface area contributed by atoms with Crippen LogP contribution in [0.2, 0.25) is 0 Å². The van der Waals surface area contributed by atoms with Gasteiger partial charge < -0.3 is 9.74 Å². The lowest BCUT2D eigenvalue weighted by atomic mass is 9.98. The molecule has 168 valence electrons. The van der Waals surface area contributed by atoms with E-state index >= 15 is 0 Å². The van der Waals surface area contributed by atoms with Crippen LogP contribution in [0.4, 0.5) is 11.6 Å². The molecule has 2 aromatic heterocycles. The Morgan fingerprint density at radius 3 is 2.58 bits per heavy atom. The van der Waals surface area contributed by atoms with Crippen molar-refractivity contribution in [2.24, 2.45) is 7.05 Å². The van der Waals surface area contributed by atoms with Gasteiger partial charge in [0.05, 0.1) is 17.1 Å². The number of pyridine rings is 1. The molecule has 0 radical (unpaired) electrons. The SMILES string of the molecule is [C-]#[N+]c1ccc2c(n1)c(N1C[C@@H](CC)N(C(C)c3ccc(C#N)cc3)C[C@@H]1C)nc(=O)n2C. The quantitative estimate of drug-likeness (QED) is 0.573. The summed E-state index contributed by atoms with van der Waals surface area (Å²) >= 11 is 0. The topological polar surface area (TPSA) is 82.4 Å². The maximum absolute atomic E-state index is 12.6. The summed E-state index contributed by atoms with van der Waals surface area (Å²) in [5.74, 6) is 0.840. The molecule has 8 heteroatoms. The Morgan fingerprint density at radius 2 is 1.94 bits per heavy atom. The van der Waals surface area contributed by atoms with Gasteiger partial charge in [0.25, 0.3) is 5.82 Å². The predicted molar refractivity (Wildman–Crippen MR) is 128 cm³/mol. The molecule has 0 bridgehead atoms. The van der Waals surface area contributed by atoms with E-state index in [0.717, 1.165) is 13.0 Å². The van der Waals surface area contributed by atoms with Crippen LogP contribution in [0.5, 0.6) is 0 Å². The van der Waals surface area contributed by atoms with Gasteiger partial charge in [0.15, 0.2) is 5.82 Å². The molecule has 3 heterocycles. The van der Waals surface area contributed by atoms with Gasteiger partial charge in [-0.05, 0) is 50.1 Å². The van der Waals surface area contributed by atoms with E-state index in [2.05, 4.69) is 51.5 Å². The minimum Gasteiger partial charge on any atom is -0.361 e. The van der Waals surface area contributed by atoms with Crippen LogP contribution in [0.25, 0.3) is 15.9 Å². The highest BCUT2D eigenvalue weighted by atomic mass is 16.1. The highest BCUT2D eigenvalue weighted by molar-refractivity contribution is 5.87. The third-order valence-electron chi connectivity index (χ3n) is 6.68. The lowest BCUT2D eigenvalue weighted by Gasteiger charge is -2.48. The smallest absolute Gasteiger partial charge is 0.350 e. The Labute approximate surface area is 193 Å². The number of rotatable bonds is 4. The number of piperazine rings is 1. The van der Waals surface area contributed by atoms with Crippen LogP contribution in [0.1, 0.15) is 44.4 Å². The van der Waals surface area contributed by atoms with Crippen LogP contribution in [0, 0.1) is 17.9 Å². The number of nitrogens with zero attached hydrogens (tertiary/aromatic N) is 7. The summed E-state index contributed by atoms with van der Waals surface area (Å²) in [6.07, 6.45) is 0.938. The number of nitriles is 1. The van der Waals surface area contributed by atoms with E-state index in [1.807, 2.05) is 24.3 Å². The fourth-order valence-electron chi connectivity index (χ4n) is 4.69. The van der Waals surface area contributed by atoms with Crippen LogP contribution >= 0.6 is 0 Å². The summed E-state index contributed by atoms with van der Waals surface area (Å²) in [6, 6.07) is 13.9. The largest absolute Gasteiger partial charge is 0.361 e. The van der Waals surface area contributed by atoms with Gasteiger partial charge in [0.1, 0.15) is 0 Å². The summed E-state index contributed by atoms with van der Waals surface area (Å²) in [7, 11) is 1.68. The van der Waals surface area contributed by atoms with E-state index in [-0.39, 0.29) is 29.6 Å². The Balaban J connectivity index is 1.70. The van der Waals surface area contributed by atoms with E-state index in [9.17, 15) is 4.79 Å². The lowest BCUT2D eigenvalue weighted by Crippen LogP contribution is -2.58. The molecule has 0 spiro atoms. The molecule has 1 aromatic carbocycles. The normalized spacial score (nSPS) is 19.8. The Hall–Kier alpha value is -3.75. The monoisotopic (exact) mass is 441 g/mol. The van der Waals surface area contributed by atoms with E-state index in [1.54, 1.807) is 19.2 Å². The Morgan fingerprint density at radius 1 is 1.21 bits per heavy atom. The van der Waals surface area contributed by atoms with Crippen molar-refractivity contribution in [1.82, 2.24) is 19.4 Å². The van der Waals surface area contributed by atoms with Crippen LogP contribution in [-0.4, -0.2) is 44.6 Å². The van der Waals surface area contributed by atoms with Crippen molar-refractivity contribution in [2.75, 3.05) is 18.0 Å². The third kappa shape index (κ3) is 4.06. The second kappa shape index (κ2) is 9.01. The second-order valence-electron chi connectivity index (χ2n) is 8.60. The third-order valence-corrected chi connectivity index (χ3v) is 6.68. The van der Waals surface area contributed by atoms with Crippen molar-refractivity contribution in [3.05, 3.63) is 69.4 Å². The lowest BCUT2D eigenvalue weighted by molar-refractivity contribution is 0.106. The first-order chi connectivity index (χ1) is 15.9. The van der Waals surface area contributed by atoms with Gasteiger partial charge in [-0.2, -0.15) is 10.2 Å². The van der Waals surface area contributed by atoms with E-state index in [4.69, 9.17) is 11.8 Å². The molecular weight excluding hydrogens is 414 g/mol. The summed E-state index contributed by atoms with van der Waals surface area (Å²) in [5.41, 5.74) is 2.76. The summed E-state index contributed by atoms with van der Waals surface area (Å²) < 4.78 is 1.48. The Kier molecular flexibility index (Phi) is 6.13. The zero-order valence-corrected chi connectivity index (χ0v) is 19.4. The number of aryl methyl sites for hydroxylation is 1. The van der Waals surface area contributed by atoms with E-state index in [1.165, 1.54) is 10.1 Å². The molecule has 1 saturated heterocycles. The van der Waals surface area contributed by atoms with Crippen molar-refractivity contribution < 1.29 is 0 Å². The molecule has 1 aliphatic rings. The molecule has 1 aliphatic heterocycles. The molecule has 8 nitrogen and oxygen atoms in total. The van der Waals surface area contributed by atoms with Crippen LogP contribution in [-0.2, 0) is 7.05 Å². The van der Waals surface area contributed by atoms with Gasteiger partial charge in [0, 0.05) is 38.3 Å². The fourth-order valence-corrected chi connectivity index (χ4v) is 4.69. The van der Waals surface area contributed by atoms with Crippen LogP contribution in [0.3, 0.4) is 0 Å². The maximum atomic E-state index is 12.6. The Bertz CT molecular complexity index is 1320. The zero-order valence-electron chi connectivity index (χ0n) is 19.4. The minimum atomic E-state index is -0.330. The summed E-state index contributed by atoms with van der Waals surface area (Å²) in [4.78, 5) is 29.6. The van der Waals surface area contributed by atoms with Crippen molar-refractivity contribution in [1.29, 1.82) is 5.26 Å². The summed E-state index contributed by atoms with van der Waals surface area (Å²) in [5, 5.41) is 9.10. The number of hydrogen-bond acceptors (Lipinski definition) is 6. The number of benzene rings is 1. The van der Waals surface area contributed by atoms with Gasteiger partial charge in [-0.15, -0.1) is 4.98 Å². The van der Waals surface area contributed by atoms with Crippen molar-refractivity contribution in [2.45, 2.75) is 45.3 Å². The molecule has 0 amide bonds. The highest BCUT2D eigenvalue weighted by Crippen LogP contribution is 2.33. The molecule has 1 unspecified atom stereocenters. The molecule has 33 heavy (non-hydrogen) atoms. The fraction of sp³-hybridized carbons (Fsp3) is 0.400. The molecule has 0 saturated carbocycles. The van der Waals surface area contributed by atoms with Crippen molar-refractivity contribution in [3.8, 4) is 6.07 Å². The van der Waals surface area contributed by atoms with E-state index < -0.39 is 0 Å².